The molecule has 3 N–H and O–H groups in total. The minimum Gasteiger partial charge on any atom is -0.310 e. The van der Waals surface area contributed by atoms with Crippen molar-refractivity contribution < 1.29 is 13.0 Å². The molecule has 0 aliphatic rings. The summed E-state index contributed by atoms with van der Waals surface area (Å²) in [6.07, 6.45) is 0. The van der Waals surface area contributed by atoms with Crippen molar-refractivity contribution in [2.24, 2.45) is 0 Å². The lowest BCUT2D eigenvalue weighted by Gasteiger charge is -1.95. The van der Waals surface area contributed by atoms with E-state index in [0.717, 1.165) is 6.07 Å². The first kappa shape index (κ1) is 9.68. The Bertz CT molecular complexity index is 482. The van der Waals surface area contributed by atoms with Crippen LogP contribution in [0.25, 0.3) is 0 Å². The van der Waals surface area contributed by atoms with Crippen LogP contribution >= 0.6 is 0 Å². The lowest BCUT2D eigenvalue weighted by Crippen LogP contribution is -2.23. The SMILES string of the molecule is O=c1cc(CS(=O)(=O)O)[nH]c(=O)[nH]1. The minimum absolute atomic E-state index is 0.156. The third kappa shape index (κ3) is 3.22. The fourth-order valence-corrected chi connectivity index (χ4v) is 1.34. The number of hydrogen-bond donors (Lipinski definition) is 3. The predicted octanol–water partition coefficient (Wildman–Crippen LogP) is -1.55. The van der Waals surface area contributed by atoms with Crippen LogP contribution in [0.2, 0.25) is 0 Å². The Balaban J connectivity index is 3.18. The summed E-state index contributed by atoms with van der Waals surface area (Å²) in [7, 11) is -4.23. The second kappa shape index (κ2) is 3.15. The molecule has 0 unspecified atom stereocenters. The molecule has 1 aromatic heterocycles. The maximum Gasteiger partial charge on any atom is 0.325 e. The third-order valence-electron chi connectivity index (χ3n) is 1.15. The van der Waals surface area contributed by atoms with Crippen molar-refractivity contribution in [1.29, 1.82) is 0 Å². The van der Waals surface area contributed by atoms with Crippen LogP contribution in [-0.2, 0) is 15.9 Å². The van der Waals surface area contributed by atoms with Crippen molar-refractivity contribution in [3.8, 4) is 0 Å². The van der Waals surface area contributed by atoms with Gasteiger partial charge in [-0.3, -0.25) is 14.3 Å². The van der Waals surface area contributed by atoms with E-state index in [1.54, 1.807) is 0 Å². The molecule has 0 aromatic carbocycles. The van der Waals surface area contributed by atoms with Crippen molar-refractivity contribution >= 4 is 10.1 Å². The first-order valence-corrected chi connectivity index (χ1v) is 4.75. The average molecular weight is 206 g/mol. The van der Waals surface area contributed by atoms with E-state index in [1.807, 2.05) is 4.98 Å². The van der Waals surface area contributed by atoms with Crippen LogP contribution in [0.4, 0.5) is 0 Å². The van der Waals surface area contributed by atoms with Gasteiger partial charge < -0.3 is 4.98 Å². The van der Waals surface area contributed by atoms with Gasteiger partial charge in [-0.15, -0.1) is 0 Å². The molecule has 0 fully saturated rings. The van der Waals surface area contributed by atoms with E-state index in [1.165, 1.54) is 0 Å². The molecule has 0 amide bonds. The van der Waals surface area contributed by atoms with Crippen LogP contribution in [0.1, 0.15) is 5.69 Å². The Labute approximate surface area is 72.2 Å². The molecule has 1 rings (SSSR count). The van der Waals surface area contributed by atoms with Crippen LogP contribution in [-0.4, -0.2) is 22.9 Å². The van der Waals surface area contributed by atoms with Gasteiger partial charge in [0.05, 0.1) is 0 Å². The molecular formula is C5H6N2O5S. The number of hydrogen-bond acceptors (Lipinski definition) is 4. The molecule has 0 bridgehead atoms. The quantitative estimate of drug-likeness (QED) is 0.506. The molecule has 0 atom stereocenters. The number of aromatic amines is 2. The second-order valence-electron chi connectivity index (χ2n) is 2.34. The molecule has 7 nitrogen and oxygen atoms in total. The standard InChI is InChI=1S/C5H6N2O5S/c8-4-1-3(2-13(10,11)12)6-5(9)7-4/h1H,2H2,(H,10,11,12)(H2,6,7,8,9). The van der Waals surface area contributed by atoms with Crippen LogP contribution in [0.5, 0.6) is 0 Å². The van der Waals surface area contributed by atoms with Crippen molar-refractivity contribution in [3.05, 3.63) is 32.6 Å². The monoisotopic (exact) mass is 206 g/mol. The van der Waals surface area contributed by atoms with Gasteiger partial charge in [0.25, 0.3) is 15.7 Å². The van der Waals surface area contributed by atoms with Gasteiger partial charge in [0.15, 0.2) is 0 Å². The van der Waals surface area contributed by atoms with Crippen molar-refractivity contribution in [1.82, 2.24) is 9.97 Å². The normalized spacial score (nSPS) is 11.5. The molecule has 0 spiro atoms. The zero-order chi connectivity index (χ0) is 10.1. The van der Waals surface area contributed by atoms with Gasteiger partial charge in [0.1, 0.15) is 5.75 Å². The summed E-state index contributed by atoms with van der Waals surface area (Å²) in [6.45, 7) is 0. The van der Waals surface area contributed by atoms with Gasteiger partial charge in [-0.25, -0.2) is 4.79 Å². The van der Waals surface area contributed by atoms with Crippen LogP contribution in [0.3, 0.4) is 0 Å². The van der Waals surface area contributed by atoms with Gasteiger partial charge in [0.2, 0.25) is 0 Å². The highest BCUT2D eigenvalue weighted by molar-refractivity contribution is 7.84. The van der Waals surface area contributed by atoms with Gasteiger partial charge in [-0.05, 0) is 0 Å². The van der Waals surface area contributed by atoms with E-state index in [0.29, 0.717) is 0 Å². The summed E-state index contributed by atoms with van der Waals surface area (Å²) in [5.41, 5.74) is -1.69. The molecule has 1 aromatic rings. The Morgan fingerprint density at radius 3 is 2.38 bits per heavy atom. The summed E-state index contributed by atoms with van der Waals surface area (Å²) in [5.74, 6) is -0.786. The molecule has 0 radical (unpaired) electrons. The van der Waals surface area contributed by atoms with Gasteiger partial charge >= 0.3 is 5.69 Å². The van der Waals surface area contributed by atoms with E-state index in [-0.39, 0.29) is 5.69 Å². The van der Waals surface area contributed by atoms with Crippen molar-refractivity contribution in [2.45, 2.75) is 5.75 Å². The minimum atomic E-state index is -4.23. The highest BCUT2D eigenvalue weighted by Crippen LogP contribution is 1.94. The molecule has 0 aliphatic carbocycles. The van der Waals surface area contributed by atoms with Gasteiger partial charge in [0, 0.05) is 11.8 Å². The smallest absolute Gasteiger partial charge is 0.310 e. The van der Waals surface area contributed by atoms with Gasteiger partial charge in [-0.1, -0.05) is 0 Å². The Morgan fingerprint density at radius 1 is 1.31 bits per heavy atom. The number of rotatable bonds is 2. The summed E-state index contributed by atoms with van der Waals surface area (Å²) in [4.78, 5) is 25.2. The molecular weight excluding hydrogens is 200 g/mol. The number of nitrogens with one attached hydrogen (secondary N) is 2. The van der Waals surface area contributed by atoms with E-state index < -0.39 is 27.1 Å². The van der Waals surface area contributed by atoms with Crippen LogP contribution in [0.15, 0.2) is 15.7 Å². The largest absolute Gasteiger partial charge is 0.325 e. The first-order valence-electron chi connectivity index (χ1n) is 3.14. The summed E-state index contributed by atoms with van der Waals surface area (Å²) in [6, 6.07) is 0.884. The molecule has 1 heterocycles. The highest BCUT2D eigenvalue weighted by Gasteiger charge is 2.07. The van der Waals surface area contributed by atoms with E-state index in [9.17, 15) is 18.0 Å². The summed E-state index contributed by atoms with van der Waals surface area (Å²) < 4.78 is 29.1. The molecule has 13 heavy (non-hydrogen) atoms. The maximum atomic E-state index is 10.6. The average Bonchev–Trinajstić information content (AvgIpc) is 1.78. The zero-order valence-corrected chi connectivity index (χ0v) is 7.09. The second-order valence-corrected chi connectivity index (χ2v) is 3.79. The molecule has 72 valence electrons. The Kier molecular flexibility index (Phi) is 2.34. The lowest BCUT2D eigenvalue weighted by atomic mass is 10.5. The fraction of sp³-hybridized carbons (Fsp3) is 0.200. The third-order valence-corrected chi connectivity index (χ3v) is 1.83. The van der Waals surface area contributed by atoms with E-state index in [2.05, 4.69) is 4.98 Å². The first-order chi connectivity index (χ1) is 5.87. The van der Waals surface area contributed by atoms with Gasteiger partial charge in [-0.2, -0.15) is 8.42 Å². The van der Waals surface area contributed by atoms with Crippen LogP contribution < -0.4 is 11.2 Å². The van der Waals surface area contributed by atoms with E-state index in [4.69, 9.17) is 4.55 Å². The summed E-state index contributed by atoms with van der Waals surface area (Å²) in [5, 5.41) is 0. The maximum absolute atomic E-state index is 10.6. The number of aromatic nitrogens is 2. The molecule has 0 saturated heterocycles. The fourth-order valence-electron chi connectivity index (χ4n) is 0.794. The molecule has 8 heteroatoms. The molecule has 0 aliphatic heterocycles. The number of H-pyrrole nitrogens is 2. The van der Waals surface area contributed by atoms with E-state index >= 15 is 0 Å². The summed E-state index contributed by atoms with van der Waals surface area (Å²) >= 11 is 0. The lowest BCUT2D eigenvalue weighted by molar-refractivity contribution is 0.481. The Hall–Kier alpha value is -1.41. The highest BCUT2D eigenvalue weighted by atomic mass is 32.2. The predicted molar refractivity (Wildman–Crippen MR) is 42.9 cm³/mol. The van der Waals surface area contributed by atoms with Crippen molar-refractivity contribution in [2.75, 3.05) is 0 Å². The topological polar surface area (TPSA) is 120 Å². The van der Waals surface area contributed by atoms with Crippen molar-refractivity contribution in [3.63, 3.8) is 0 Å². The zero-order valence-electron chi connectivity index (χ0n) is 6.27. The molecule has 0 saturated carbocycles. The Morgan fingerprint density at radius 2 is 1.92 bits per heavy atom. The van der Waals surface area contributed by atoms with Crippen LogP contribution in [0, 0.1) is 0 Å².